The largest absolute Gasteiger partial charge is 0.502 e. The van der Waals surface area contributed by atoms with Crippen LogP contribution >= 0.6 is 0 Å². The highest BCUT2D eigenvalue weighted by atomic mass is 16.6. The van der Waals surface area contributed by atoms with E-state index in [4.69, 9.17) is 14.2 Å². The van der Waals surface area contributed by atoms with Gasteiger partial charge in [-0.2, -0.15) is 5.26 Å². The number of para-hydroxylation sites is 1. The Morgan fingerprint density at radius 3 is 2.49 bits per heavy atom. The number of carbonyl (C=O) groups is 1. The van der Waals surface area contributed by atoms with Crippen LogP contribution in [0.25, 0.3) is 10.9 Å². The van der Waals surface area contributed by atoms with Crippen LogP contribution < -0.4 is 14.8 Å². The maximum Gasteiger partial charge on any atom is 0.411 e. The Bertz CT molecular complexity index is 1530. The molecule has 2 aliphatic heterocycles. The third-order valence-corrected chi connectivity index (χ3v) is 7.12. The van der Waals surface area contributed by atoms with E-state index >= 15 is 0 Å². The highest BCUT2D eigenvalue weighted by molar-refractivity contribution is 5.88. The van der Waals surface area contributed by atoms with Crippen LogP contribution in [0.5, 0.6) is 17.2 Å². The number of anilines is 1. The Hall–Kier alpha value is -4.84. The van der Waals surface area contributed by atoms with Gasteiger partial charge in [-0.3, -0.25) is 4.90 Å². The molecule has 1 saturated heterocycles. The molecule has 4 aromatic rings. The number of nitrogens with zero attached hydrogens (tertiary/aromatic N) is 2. The highest BCUT2D eigenvalue weighted by Crippen LogP contribution is 2.50. The Kier molecular flexibility index (Phi) is 5.30. The van der Waals surface area contributed by atoms with Crippen molar-refractivity contribution in [1.82, 2.24) is 9.88 Å². The predicted molar refractivity (Wildman–Crippen MR) is 136 cm³/mol. The fraction of sp³-hybridized carbons (Fsp3) is 0.214. The number of carbonyl (C=O) groups excluding carboxylic acids is 1. The number of aromatic nitrogens is 1. The lowest BCUT2D eigenvalue weighted by Crippen LogP contribution is -2.47. The van der Waals surface area contributed by atoms with Gasteiger partial charge in [0.15, 0.2) is 11.5 Å². The molecule has 3 aromatic carbocycles. The molecule has 9 nitrogen and oxygen atoms in total. The molecule has 186 valence electrons. The van der Waals surface area contributed by atoms with Crippen LogP contribution in [0.4, 0.5) is 10.5 Å². The van der Waals surface area contributed by atoms with E-state index in [1.54, 1.807) is 29.2 Å². The summed E-state index contributed by atoms with van der Waals surface area (Å²) in [6.45, 7) is 0.203. The standard InChI is InChI=1S/C28H24N4O5/c1-35-21-11-16(12-22(36-2)27(21)33)26-25-23(18-5-3-4-6-19(18)31-25)24(20-14-37-28(34)32(20)26)30-17-9-7-15(13-29)8-10-17/h3-12,20,24,26,30-31,33H,14H2,1-2H3/t20-,24+,26-/m1/s1. The van der Waals surface area contributed by atoms with Crippen molar-refractivity contribution >= 4 is 22.7 Å². The highest BCUT2D eigenvalue weighted by Gasteiger charge is 2.51. The third-order valence-electron chi connectivity index (χ3n) is 7.12. The number of ether oxygens (including phenoxy) is 3. The lowest BCUT2D eigenvalue weighted by molar-refractivity contribution is 0.145. The van der Waals surface area contributed by atoms with Gasteiger partial charge < -0.3 is 29.6 Å². The van der Waals surface area contributed by atoms with Crippen LogP contribution in [0.2, 0.25) is 0 Å². The van der Waals surface area contributed by atoms with Gasteiger partial charge in [0, 0.05) is 27.8 Å². The molecule has 3 N–H and O–H groups in total. The molecule has 0 bridgehead atoms. The molecule has 0 radical (unpaired) electrons. The Morgan fingerprint density at radius 2 is 1.81 bits per heavy atom. The summed E-state index contributed by atoms with van der Waals surface area (Å²) in [4.78, 5) is 18.5. The normalized spacial score (nSPS) is 20.1. The van der Waals surface area contributed by atoms with Gasteiger partial charge in [-0.25, -0.2) is 4.79 Å². The van der Waals surface area contributed by atoms with Crippen LogP contribution in [-0.2, 0) is 4.74 Å². The van der Waals surface area contributed by atoms with Crippen molar-refractivity contribution in [2.75, 3.05) is 26.1 Å². The number of phenolic OH excluding ortho intramolecular Hbond substituents is 1. The quantitative estimate of drug-likeness (QED) is 0.362. The minimum atomic E-state index is -0.537. The van der Waals surface area contributed by atoms with E-state index in [9.17, 15) is 15.2 Å². The first-order chi connectivity index (χ1) is 18.0. The number of aromatic hydroxyl groups is 1. The molecule has 0 saturated carbocycles. The van der Waals surface area contributed by atoms with Crippen molar-refractivity contribution in [1.29, 1.82) is 5.26 Å². The SMILES string of the molecule is COc1cc([C@@H]2c3[nH]c4ccccc4c3[C@@H](Nc3ccc(C#N)cc3)[C@H]3COC(=O)N23)cc(OC)c1O. The van der Waals surface area contributed by atoms with Gasteiger partial charge >= 0.3 is 6.09 Å². The molecular formula is C28H24N4O5. The average molecular weight is 497 g/mol. The first-order valence-electron chi connectivity index (χ1n) is 11.8. The number of benzene rings is 3. The van der Waals surface area contributed by atoms with Gasteiger partial charge in [0.05, 0.1) is 37.9 Å². The van der Waals surface area contributed by atoms with Gasteiger partial charge in [-0.1, -0.05) is 18.2 Å². The van der Waals surface area contributed by atoms with E-state index in [0.717, 1.165) is 27.8 Å². The van der Waals surface area contributed by atoms with Crippen molar-refractivity contribution in [3.05, 3.63) is 83.0 Å². The number of rotatable bonds is 5. The summed E-state index contributed by atoms with van der Waals surface area (Å²) in [7, 11) is 2.94. The summed E-state index contributed by atoms with van der Waals surface area (Å²) in [5.74, 6) is 0.380. The van der Waals surface area contributed by atoms with Crippen LogP contribution in [0.1, 0.15) is 34.5 Å². The third kappa shape index (κ3) is 3.49. The summed E-state index contributed by atoms with van der Waals surface area (Å²) < 4.78 is 16.4. The van der Waals surface area contributed by atoms with Crippen molar-refractivity contribution < 1.29 is 24.1 Å². The van der Waals surface area contributed by atoms with Crippen molar-refractivity contribution in [3.63, 3.8) is 0 Å². The fourth-order valence-electron chi connectivity index (χ4n) is 5.46. The van der Waals surface area contributed by atoms with Crippen molar-refractivity contribution in [2.45, 2.75) is 18.1 Å². The fourth-order valence-corrected chi connectivity index (χ4v) is 5.46. The maximum absolute atomic E-state index is 13.2. The summed E-state index contributed by atoms with van der Waals surface area (Å²) in [6.07, 6.45) is -0.433. The number of methoxy groups -OCH3 is 2. The molecule has 3 heterocycles. The number of fused-ring (bicyclic) bond motifs is 4. The molecule has 1 aromatic heterocycles. The lowest BCUT2D eigenvalue weighted by Gasteiger charge is -2.41. The molecular weight excluding hydrogens is 472 g/mol. The number of aromatic amines is 1. The van der Waals surface area contributed by atoms with Crippen molar-refractivity contribution in [3.8, 4) is 23.3 Å². The minimum absolute atomic E-state index is 0.109. The Morgan fingerprint density at radius 1 is 1.11 bits per heavy atom. The molecule has 3 atom stereocenters. The number of H-pyrrole nitrogens is 1. The van der Waals surface area contributed by atoms with Gasteiger partial charge in [0.1, 0.15) is 12.6 Å². The van der Waals surface area contributed by atoms with E-state index in [2.05, 4.69) is 22.4 Å². The summed E-state index contributed by atoms with van der Waals surface area (Å²) in [6, 6.07) is 19.7. The van der Waals surface area contributed by atoms with Gasteiger partial charge in [-0.05, 0) is 48.0 Å². The smallest absolute Gasteiger partial charge is 0.411 e. The monoisotopic (exact) mass is 496 g/mol. The number of nitrogens with one attached hydrogen (secondary N) is 2. The second kappa shape index (κ2) is 8.68. The molecule has 0 aliphatic carbocycles. The predicted octanol–water partition coefficient (Wildman–Crippen LogP) is 4.84. The summed E-state index contributed by atoms with van der Waals surface area (Å²) in [5, 5.41) is 24.3. The summed E-state index contributed by atoms with van der Waals surface area (Å²) in [5.41, 5.74) is 4.90. The molecule has 37 heavy (non-hydrogen) atoms. The van der Waals surface area contributed by atoms with Crippen LogP contribution in [0.3, 0.4) is 0 Å². The zero-order valence-electron chi connectivity index (χ0n) is 20.2. The van der Waals surface area contributed by atoms with E-state index in [1.165, 1.54) is 14.2 Å². The minimum Gasteiger partial charge on any atom is -0.502 e. The number of hydrogen-bond donors (Lipinski definition) is 3. The summed E-state index contributed by atoms with van der Waals surface area (Å²) >= 11 is 0. The maximum atomic E-state index is 13.2. The number of nitriles is 1. The van der Waals surface area contributed by atoms with E-state index in [0.29, 0.717) is 11.1 Å². The second-order valence-electron chi connectivity index (χ2n) is 9.04. The zero-order chi connectivity index (χ0) is 25.7. The van der Waals surface area contributed by atoms with E-state index < -0.39 is 12.1 Å². The first-order valence-corrected chi connectivity index (χ1v) is 11.8. The van der Waals surface area contributed by atoms with Crippen molar-refractivity contribution in [2.24, 2.45) is 0 Å². The second-order valence-corrected chi connectivity index (χ2v) is 9.04. The Balaban J connectivity index is 1.56. The molecule has 6 rings (SSSR count). The molecule has 1 amide bonds. The van der Waals surface area contributed by atoms with Crippen LogP contribution in [0, 0.1) is 11.3 Å². The number of hydrogen-bond acceptors (Lipinski definition) is 7. The molecule has 0 unspecified atom stereocenters. The first kappa shape index (κ1) is 22.6. The van der Waals surface area contributed by atoms with Crippen LogP contribution in [-0.4, -0.2) is 48.0 Å². The Labute approximate surface area is 212 Å². The number of amides is 1. The van der Waals surface area contributed by atoms with E-state index in [-0.39, 0.29) is 35.9 Å². The van der Waals surface area contributed by atoms with E-state index in [1.807, 2.05) is 30.3 Å². The van der Waals surface area contributed by atoms with Gasteiger partial charge in [0.2, 0.25) is 5.75 Å². The zero-order valence-corrected chi connectivity index (χ0v) is 20.2. The number of phenols is 1. The lowest BCUT2D eigenvalue weighted by atomic mass is 9.85. The molecule has 0 spiro atoms. The molecule has 9 heteroatoms. The molecule has 1 fully saturated rings. The number of cyclic esters (lactones) is 1. The average Bonchev–Trinajstić information content (AvgIpc) is 3.50. The molecule has 2 aliphatic rings. The van der Waals surface area contributed by atoms with Gasteiger partial charge in [0.25, 0.3) is 0 Å². The van der Waals surface area contributed by atoms with Gasteiger partial charge in [-0.15, -0.1) is 0 Å². The van der Waals surface area contributed by atoms with Crippen LogP contribution in [0.15, 0.2) is 60.7 Å². The topological polar surface area (TPSA) is 120 Å².